The third-order valence-electron chi connectivity index (χ3n) is 3.84. The van der Waals surface area contributed by atoms with Gasteiger partial charge in [0.05, 0.1) is 0 Å². The molecule has 0 aliphatic carbocycles. The number of fused-ring (bicyclic) bond motifs is 2. The van der Waals surface area contributed by atoms with Crippen molar-refractivity contribution >= 4 is 27.0 Å². The van der Waals surface area contributed by atoms with Crippen LogP contribution in [0, 0.1) is 6.92 Å². The van der Waals surface area contributed by atoms with Gasteiger partial charge in [0.2, 0.25) is 0 Å². The summed E-state index contributed by atoms with van der Waals surface area (Å²) in [5.74, 6) is 0. The molecule has 136 valence electrons. The summed E-state index contributed by atoms with van der Waals surface area (Å²) in [6, 6.07) is 29.0. The summed E-state index contributed by atoms with van der Waals surface area (Å²) < 4.78 is 0. The van der Waals surface area contributed by atoms with E-state index in [9.17, 15) is 0 Å². The summed E-state index contributed by atoms with van der Waals surface area (Å²) in [4.78, 5) is 0. The van der Waals surface area contributed by atoms with Crippen LogP contribution in [-0.4, -0.2) is 5.43 Å². The predicted octanol–water partition coefficient (Wildman–Crippen LogP) is 0.608. The Morgan fingerprint density at radius 1 is 0.885 bits per heavy atom. The number of hydrogen-bond donors (Lipinski definition) is 0. The van der Waals surface area contributed by atoms with Crippen LogP contribution >= 0.6 is 0 Å². The quantitative estimate of drug-likeness (QED) is 0.278. The van der Waals surface area contributed by atoms with Crippen molar-refractivity contribution < 1.29 is 48.1 Å². The van der Waals surface area contributed by atoms with Crippen molar-refractivity contribution in [2.24, 2.45) is 0 Å². The smallest absolute Gasteiger partial charge is 0.0579 e. The topological polar surface area (TPSA) is 0 Å². The van der Waals surface area contributed by atoms with E-state index in [1.54, 1.807) is 23.3 Å². The summed E-state index contributed by atoms with van der Waals surface area (Å²) in [6.45, 7) is 6.76. The molecule has 4 aromatic rings. The Balaban J connectivity index is 0.000000367. The van der Waals surface area contributed by atoms with E-state index in [1.165, 1.54) is 33.2 Å². The van der Waals surface area contributed by atoms with Gasteiger partial charge in [-0.05, 0) is 0 Å². The van der Waals surface area contributed by atoms with Gasteiger partial charge >= 0.3 is 48.3 Å². The molecule has 0 radical (unpaired) electrons. The maximum atomic E-state index is 2.36. The van der Waals surface area contributed by atoms with E-state index in [2.05, 4.69) is 99.3 Å². The molecule has 0 bridgehead atoms. The first-order valence-corrected chi connectivity index (χ1v) is 14.3. The van der Waals surface area contributed by atoms with Gasteiger partial charge in [0.25, 0.3) is 0 Å². The predicted molar refractivity (Wildman–Crippen MR) is 106 cm³/mol. The monoisotopic (exact) mass is 476 g/mol. The zero-order chi connectivity index (χ0) is 17.4. The molecule has 4 aromatic carbocycles. The van der Waals surface area contributed by atoms with Crippen LogP contribution in [0.2, 0.25) is 12.6 Å². The van der Waals surface area contributed by atoms with Gasteiger partial charge in [-0.1, -0.05) is 19.1 Å². The second-order valence-corrected chi connectivity index (χ2v) is 14.5. The normalized spacial score (nSPS) is 9.12. The summed E-state index contributed by atoms with van der Waals surface area (Å²) in [6.07, 6.45) is 0. The minimum absolute atomic E-state index is 0. The first kappa shape index (κ1) is 25.3. The molecule has 0 unspecified atom stereocenters. The van der Waals surface area contributed by atoms with Crippen molar-refractivity contribution in [1.29, 1.82) is 0 Å². The van der Waals surface area contributed by atoms with Crippen LogP contribution in [-0.2, 0) is 23.3 Å². The SMILES string of the molecule is CC[Si](C)=[Zr+2].Cc1cc2ccccc2[cH-]1.[Cl-].[Cl-].c1ccc2[cH-]ccc2c1. The third-order valence-corrected chi connectivity index (χ3v) is 7.51. The zero-order valence-corrected chi connectivity index (χ0v) is 20.4. The van der Waals surface area contributed by atoms with E-state index in [-0.39, 0.29) is 30.2 Å². The number of aryl methyl sites for hydroxylation is 1. The maximum Gasteiger partial charge on any atom is -0.0579 e. The van der Waals surface area contributed by atoms with Crippen molar-refractivity contribution in [3.8, 4) is 0 Å². The maximum absolute atomic E-state index is 2.36. The van der Waals surface area contributed by atoms with Crippen LogP contribution < -0.4 is 24.8 Å². The van der Waals surface area contributed by atoms with Crippen LogP contribution in [0.5, 0.6) is 0 Å². The fraction of sp³-hybridized carbons (Fsp3) is 0.182. The molecular weight excluding hydrogens is 454 g/mol. The zero-order valence-electron chi connectivity index (χ0n) is 15.5. The van der Waals surface area contributed by atoms with Gasteiger partial charge in [-0.25, -0.2) is 0 Å². The molecule has 0 aliphatic heterocycles. The van der Waals surface area contributed by atoms with Gasteiger partial charge in [0.15, 0.2) is 0 Å². The Labute approximate surface area is 184 Å². The molecule has 0 fully saturated rings. The minimum Gasteiger partial charge on any atom is -1.00 e. The van der Waals surface area contributed by atoms with E-state index in [0.29, 0.717) is 0 Å². The van der Waals surface area contributed by atoms with E-state index >= 15 is 0 Å². The average molecular weight is 479 g/mol. The van der Waals surface area contributed by atoms with Gasteiger partial charge in [-0.2, -0.15) is 23.6 Å². The molecule has 0 aromatic heterocycles. The molecule has 0 amide bonds. The second-order valence-electron chi connectivity index (χ2n) is 5.95. The molecule has 0 saturated heterocycles. The van der Waals surface area contributed by atoms with Crippen LogP contribution in [0.4, 0.5) is 0 Å². The van der Waals surface area contributed by atoms with Gasteiger partial charge in [0, 0.05) is 0 Å². The van der Waals surface area contributed by atoms with Gasteiger partial charge in [-0.15, -0.1) is 70.3 Å². The molecule has 0 aliphatic rings. The van der Waals surface area contributed by atoms with Crippen molar-refractivity contribution in [3.63, 3.8) is 0 Å². The Morgan fingerprint density at radius 2 is 1.42 bits per heavy atom. The second kappa shape index (κ2) is 13.5. The van der Waals surface area contributed by atoms with E-state index in [1.807, 2.05) is 0 Å². The molecule has 4 rings (SSSR count). The van der Waals surface area contributed by atoms with Crippen LogP contribution in [0.25, 0.3) is 21.5 Å². The molecule has 0 N–H and O–H groups in total. The molecule has 0 atom stereocenters. The Hall–Kier alpha value is -0.660. The summed E-state index contributed by atoms with van der Waals surface area (Å²) in [7, 11) is 0. The van der Waals surface area contributed by atoms with E-state index < -0.39 is 0 Å². The van der Waals surface area contributed by atoms with Gasteiger partial charge in [0.1, 0.15) is 0 Å². The minimum atomic E-state index is 0. The number of rotatable bonds is 1. The largest absolute Gasteiger partial charge is 1.00 e. The molecule has 0 heterocycles. The Morgan fingerprint density at radius 3 is 1.96 bits per heavy atom. The number of hydrogen-bond acceptors (Lipinski definition) is 0. The van der Waals surface area contributed by atoms with Crippen molar-refractivity contribution in [1.82, 2.24) is 0 Å². The molecule has 0 spiro atoms. The molecule has 4 heteroatoms. The third kappa shape index (κ3) is 8.35. The molecule has 0 nitrogen and oxygen atoms in total. The van der Waals surface area contributed by atoms with E-state index in [0.717, 1.165) is 0 Å². The number of halogens is 2. The first-order valence-electron chi connectivity index (χ1n) is 8.36. The fourth-order valence-corrected chi connectivity index (χ4v) is 2.38. The molecular formula is C22H24Cl2SiZr-2. The van der Waals surface area contributed by atoms with Crippen LogP contribution in [0.1, 0.15) is 12.5 Å². The van der Waals surface area contributed by atoms with E-state index in [4.69, 9.17) is 0 Å². The van der Waals surface area contributed by atoms with Crippen molar-refractivity contribution in [2.75, 3.05) is 0 Å². The average Bonchev–Trinajstić information content (AvgIpc) is 3.20. The first-order chi connectivity index (χ1) is 11.6. The standard InChI is InChI=1S/C10H9.C9H7.C3H8Si.2ClH.Zr/c1-8-6-9-4-2-3-5-10(9)7-8;1-2-5-9-7-3-6-8(9)4-1;1-3-4-2;;;/h2-7H,1H3;1-7H;3H2,1-2H3;2*1H;/q2*-1;;;;+2/p-2. The Kier molecular flexibility index (Phi) is 13.2. The van der Waals surface area contributed by atoms with Gasteiger partial charge < -0.3 is 24.8 Å². The van der Waals surface area contributed by atoms with Gasteiger partial charge in [-0.3, -0.25) is 0 Å². The molecule has 0 saturated carbocycles. The van der Waals surface area contributed by atoms with Crippen LogP contribution in [0.3, 0.4) is 0 Å². The van der Waals surface area contributed by atoms with Crippen LogP contribution in [0.15, 0.2) is 78.9 Å². The molecule has 26 heavy (non-hydrogen) atoms. The van der Waals surface area contributed by atoms with Crippen molar-refractivity contribution in [2.45, 2.75) is 26.4 Å². The Bertz CT molecular complexity index is 845. The fourth-order valence-electron chi connectivity index (χ4n) is 2.38. The summed E-state index contributed by atoms with van der Waals surface area (Å²) >= 11 is 1.77. The number of benzene rings is 2. The summed E-state index contributed by atoms with van der Waals surface area (Å²) in [5, 5.41) is 5.36. The summed E-state index contributed by atoms with van der Waals surface area (Å²) in [5.41, 5.74) is 1.56. The van der Waals surface area contributed by atoms with Crippen molar-refractivity contribution in [3.05, 3.63) is 84.4 Å².